The smallest absolute Gasteiger partial charge is 0.378 e. The molecule has 154 valence electrons. The van der Waals surface area contributed by atoms with Crippen molar-refractivity contribution in [3.63, 3.8) is 0 Å². The van der Waals surface area contributed by atoms with Gasteiger partial charge >= 0.3 is 6.18 Å². The largest absolute Gasteiger partial charge is 0.416 e. The molecule has 27 heavy (non-hydrogen) atoms. The zero-order valence-electron chi connectivity index (χ0n) is 15.4. The van der Waals surface area contributed by atoms with Gasteiger partial charge in [-0.05, 0) is 24.0 Å². The van der Waals surface area contributed by atoms with E-state index in [1.165, 1.54) is 12.1 Å². The minimum absolute atomic E-state index is 0. The molecular weight excluding hydrogens is 492 g/mol. The Balaban J connectivity index is 0.00000364. The highest BCUT2D eigenvalue weighted by Crippen LogP contribution is 2.34. The summed E-state index contributed by atoms with van der Waals surface area (Å²) in [6, 6.07) is 4.50. The number of nitrogens with one attached hydrogen (secondary N) is 2. The maximum Gasteiger partial charge on any atom is 0.416 e. The molecule has 0 aliphatic carbocycles. The lowest BCUT2D eigenvalue weighted by Gasteiger charge is -2.29. The fraction of sp³-hybridized carbons (Fsp3) is 0.588. The summed E-state index contributed by atoms with van der Waals surface area (Å²) in [5.74, 6) is 1.38. The maximum atomic E-state index is 13.5. The third-order valence-corrected chi connectivity index (χ3v) is 4.66. The first-order valence-corrected chi connectivity index (χ1v) is 9.81. The van der Waals surface area contributed by atoms with E-state index in [-0.39, 0.29) is 36.1 Å². The predicted molar refractivity (Wildman–Crippen MR) is 116 cm³/mol. The van der Waals surface area contributed by atoms with Gasteiger partial charge in [-0.15, -0.1) is 24.0 Å². The summed E-state index contributed by atoms with van der Waals surface area (Å²) in [7, 11) is 1.60. The van der Waals surface area contributed by atoms with Crippen LogP contribution in [-0.4, -0.2) is 57.9 Å². The first-order chi connectivity index (χ1) is 12.5. The fourth-order valence-corrected chi connectivity index (χ4v) is 2.98. The Hall–Kier alpha value is -0.880. The minimum atomic E-state index is -4.41. The molecule has 0 bridgehead atoms. The molecule has 0 spiro atoms. The average Bonchev–Trinajstić information content (AvgIpc) is 2.64. The van der Waals surface area contributed by atoms with Crippen LogP contribution in [0.5, 0.6) is 0 Å². The molecule has 1 aliphatic rings. The molecule has 1 fully saturated rings. The molecule has 1 aromatic rings. The van der Waals surface area contributed by atoms with Gasteiger partial charge in [0.05, 0.1) is 18.8 Å². The van der Waals surface area contributed by atoms with Crippen molar-refractivity contribution in [2.75, 3.05) is 56.8 Å². The van der Waals surface area contributed by atoms with Gasteiger partial charge in [0.1, 0.15) is 0 Å². The van der Waals surface area contributed by atoms with Crippen LogP contribution in [0.3, 0.4) is 0 Å². The van der Waals surface area contributed by atoms with Crippen molar-refractivity contribution in [1.29, 1.82) is 0 Å². The first-order valence-electron chi connectivity index (χ1n) is 8.42. The second kappa shape index (κ2) is 11.8. The van der Waals surface area contributed by atoms with E-state index in [0.29, 0.717) is 44.5 Å². The molecule has 0 saturated carbocycles. The maximum absolute atomic E-state index is 13.5. The number of halogens is 4. The van der Waals surface area contributed by atoms with Gasteiger partial charge in [-0.1, -0.05) is 6.07 Å². The van der Waals surface area contributed by atoms with Crippen molar-refractivity contribution >= 4 is 47.4 Å². The van der Waals surface area contributed by atoms with Crippen molar-refractivity contribution in [2.24, 2.45) is 4.99 Å². The molecule has 0 aromatic heterocycles. The topological polar surface area (TPSA) is 48.9 Å². The average molecular weight is 518 g/mol. The van der Waals surface area contributed by atoms with Crippen molar-refractivity contribution in [2.45, 2.75) is 12.7 Å². The van der Waals surface area contributed by atoms with Gasteiger partial charge in [-0.25, -0.2) is 0 Å². The van der Waals surface area contributed by atoms with E-state index >= 15 is 0 Å². The number of alkyl halides is 3. The number of hydrogen-bond donors (Lipinski definition) is 2. The van der Waals surface area contributed by atoms with Crippen LogP contribution in [0, 0.1) is 0 Å². The Morgan fingerprint density at radius 2 is 1.96 bits per heavy atom. The number of anilines is 1. The molecule has 1 aromatic carbocycles. The number of nitrogens with zero attached hydrogens (tertiary/aromatic N) is 2. The molecule has 0 unspecified atom stereocenters. The Labute approximate surface area is 179 Å². The fourth-order valence-electron chi connectivity index (χ4n) is 2.67. The van der Waals surface area contributed by atoms with Gasteiger partial charge in [0.2, 0.25) is 0 Å². The molecule has 2 N–H and O–H groups in total. The number of hydrogen-bond acceptors (Lipinski definition) is 4. The normalized spacial score (nSPS) is 15.3. The summed E-state index contributed by atoms with van der Waals surface area (Å²) >= 11 is 1.68. The predicted octanol–water partition coefficient (Wildman–Crippen LogP) is 3.19. The van der Waals surface area contributed by atoms with E-state index in [4.69, 9.17) is 4.74 Å². The SMILES string of the molecule is CN=C(NCCSC)NCc1ccc(N2CCOCC2)cc1C(F)(F)F.I. The third-order valence-electron chi connectivity index (χ3n) is 4.04. The van der Waals surface area contributed by atoms with Crippen molar-refractivity contribution < 1.29 is 17.9 Å². The molecule has 0 atom stereocenters. The zero-order chi connectivity index (χ0) is 19.0. The molecule has 0 radical (unpaired) electrons. The van der Waals surface area contributed by atoms with Crippen LogP contribution in [0.4, 0.5) is 18.9 Å². The number of ether oxygens (including phenoxy) is 1. The highest BCUT2D eigenvalue weighted by Gasteiger charge is 2.34. The molecule has 1 aliphatic heterocycles. The molecule has 1 heterocycles. The second-order valence-corrected chi connectivity index (χ2v) is 6.77. The van der Waals surface area contributed by atoms with Gasteiger partial charge < -0.3 is 20.3 Å². The summed E-state index contributed by atoms with van der Waals surface area (Å²) in [6.45, 7) is 3.01. The van der Waals surface area contributed by atoms with Crippen molar-refractivity contribution in [1.82, 2.24) is 10.6 Å². The van der Waals surface area contributed by atoms with Gasteiger partial charge in [-0.2, -0.15) is 24.9 Å². The lowest BCUT2D eigenvalue weighted by molar-refractivity contribution is -0.138. The summed E-state index contributed by atoms with van der Waals surface area (Å²) in [5.41, 5.74) is 0.155. The van der Waals surface area contributed by atoms with Crippen LogP contribution in [0.15, 0.2) is 23.2 Å². The summed E-state index contributed by atoms with van der Waals surface area (Å²) in [4.78, 5) is 5.96. The van der Waals surface area contributed by atoms with Crippen LogP contribution < -0.4 is 15.5 Å². The van der Waals surface area contributed by atoms with Gasteiger partial charge in [0.15, 0.2) is 5.96 Å². The number of aliphatic imine (C=N–C) groups is 1. The van der Waals surface area contributed by atoms with Gasteiger partial charge in [0, 0.05) is 44.7 Å². The van der Waals surface area contributed by atoms with E-state index in [2.05, 4.69) is 15.6 Å². The number of thioether (sulfide) groups is 1. The van der Waals surface area contributed by atoms with E-state index in [1.807, 2.05) is 11.2 Å². The van der Waals surface area contributed by atoms with E-state index in [1.54, 1.807) is 24.9 Å². The lowest BCUT2D eigenvalue weighted by Crippen LogP contribution is -2.38. The van der Waals surface area contributed by atoms with Crippen LogP contribution in [-0.2, 0) is 17.5 Å². The lowest BCUT2D eigenvalue weighted by atomic mass is 10.1. The first kappa shape index (κ1) is 24.2. The van der Waals surface area contributed by atoms with Crippen LogP contribution >= 0.6 is 35.7 Å². The standard InChI is InChI=1S/C17H25F3N4OS.HI/c1-21-16(22-5-10-26-2)23-12-13-3-4-14(11-15(13)17(18,19)20)24-6-8-25-9-7-24;/h3-4,11H,5-10,12H2,1-2H3,(H2,21,22,23);1H. The number of benzene rings is 1. The number of morpholine rings is 1. The van der Waals surface area contributed by atoms with E-state index < -0.39 is 11.7 Å². The minimum Gasteiger partial charge on any atom is -0.378 e. The highest BCUT2D eigenvalue weighted by atomic mass is 127. The molecule has 1 saturated heterocycles. The Morgan fingerprint density at radius 3 is 2.56 bits per heavy atom. The summed E-state index contributed by atoms with van der Waals surface area (Å²) in [5, 5.41) is 6.03. The van der Waals surface area contributed by atoms with Crippen molar-refractivity contribution in [3.8, 4) is 0 Å². The third kappa shape index (κ3) is 7.57. The summed E-state index contributed by atoms with van der Waals surface area (Å²) < 4.78 is 45.9. The summed E-state index contributed by atoms with van der Waals surface area (Å²) in [6.07, 6.45) is -2.42. The van der Waals surface area contributed by atoms with Crippen LogP contribution in [0.2, 0.25) is 0 Å². The van der Waals surface area contributed by atoms with Gasteiger partial charge in [-0.3, -0.25) is 4.99 Å². The molecule has 10 heteroatoms. The van der Waals surface area contributed by atoms with Gasteiger partial charge in [0.25, 0.3) is 0 Å². The monoisotopic (exact) mass is 518 g/mol. The second-order valence-electron chi connectivity index (χ2n) is 5.78. The zero-order valence-corrected chi connectivity index (χ0v) is 18.6. The molecule has 0 amide bonds. The quantitative estimate of drug-likeness (QED) is 0.262. The molecule has 2 rings (SSSR count). The Bertz CT molecular complexity index is 610. The Kier molecular flexibility index (Phi) is 10.6. The van der Waals surface area contributed by atoms with E-state index in [0.717, 1.165) is 5.75 Å². The molecular formula is C17H26F3IN4OS. The van der Waals surface area contributed by atoms with Crippen LogP contribution in [0.1, 0.15) is 11.1 Å². The Morgan fingerprint density at radius 1 is 1.26 bits per heavy atom. The molecule has 5 nitrogen and oxygen atoms in total. The van der Waals surface area contributed by atoms with E-state index in [9.17, 15) is 13.2 Å². The van der Waals surface area contributed by atoms with Crippen LogP contribution in [0.25, 0.3) is 0 Å². The van der Waals surface area contributed by atoms with Crippen molar-refractivity contribution in [3.05, 3.63) is 29.3 Å². The number of rotatable bonds is 6. The number of guanidine groups is 1. The highest BCUT2D eigenvalue weighted by molar-refractivity contribution is 14.0.